The molecule has 0 N–H and O–H groups in total. The lowest BCUT2D eigenvalue weighted by molar-refractivity contribution is 0.575. The summed E-state index contributed by atoms with van der Waals surface area (Å²) in [7, 11) is 0. The molecule has 0 aliphatic carbocycles. The van der Waals surface area contributed by atoms with Crippen LogP contribution in [0.5, 0.6) is 0 Å². The van der Waals surface area contributed by atoms with E-state index in [2.05, 4.69) is 28.5 Å². The van der Waals surface area contributed by atoms with Crippen molar-refractivity contribution < 1.29 is 4.42 Å². The third kappa shape index (κ3) is 2.91. The fourth-order valence-electron chi connectivity index (χ4n) is 1.88. The number of hydrogen-bond acceptors (Lipinski definition) is 5. The lowest BCUT2D eigenvalue weighted by Gasteiger charge is -1.99. The molecule has 0 unspecified atom stereocenters. The molecule has 3 rings (SSSR count). The first-order valence-electron chi connectivity index (χ1n) is 6.63. The molecule has 0 aromatic carbocycles. The van der Waals surface area contributed by atoms with Crippen LogP contribution in [-0.4, -0.2) is 17.4 Å². The van der Waals surface area contributed by atoms with Gasteiger partial charge in [0.25, 0.3) is 0 Å². The first-order valence-corrected chi connectivity index (χ1v) is 8.39. The second kappa shape index (κ2) is 6.24. The molecular formula is C15H15N3OS2. The number of thiazole rings is 1. The molecule has 3 aromatic rings. The van der Waals surface area contributed by atoms with Crippen molar-refractivity contribution in [3.8, 4) is 11.5 Å². The molecule has 6 heteroatoms. The summed E-state index contributed by atoms with van der Waals surface area (Å²) in [6.45, 7) is 4.83. The number of hydrogen-bond donors (Lipinski definition) is 0. The van der Waals surface area contributed by atoms with Crippen LogP contribution in [0.25, 0.3) is 11.5 Å². The Bertz CT molecular complexity index is 806. The quantitative estimate of drug-likeness (QED) is 0.671. The van der Waals surface area contributed by atoms with E-state index in [0.717, 1.165) is 27.7 Å². The Labute approximate surface area is 130 Å². The van der Waals surface area contributed by atoms with Crippen LogP contribution in [0.15, 0.2) is 49.7 Å². The molecule has 21 heavy (non-hydrogen) atoms. The van der Waals surface area contributed by atoms with Gasteiger partial charge in [0.15, 0.2) is 5.76 Å². The monoisotopic (exact) mass is 317 g/mol. The van der Waals surface area contributed by atoms with Gasteiger partial charge in [0, 0.05) is 11.9 Å². The first kappa shape index (κ1) is 14.0. The molecule has 4 nitrogen and oxygen atoms in total. The van der Waals surface area contributed by atoms with Gasteiger partial charge >= 0.3 is 0 Å². The highest BCUT2D eigenvalue weighted by Gasteiger charge is 2.09. The third-order valence-electron chi connectivity index (χ3n) is 2.94. The zero-order valence-corrected chi connectivity index (χ0v) is 13.4. The maximum atomic E-state index is 5.49. The Kier molecular flexibility index (Phi) is 4.17. The van der Waals surface area contributed by atoms with Crippen molar-refractivity contribution in [3.05, 3.63) is 50.5 Å². The van der Waals surface area contributed by atoms with Gasteiger partial charge < -0.3 is 4.42 Å². The minimum absolute atomic E-state index is 0.728. The Hall–Kier alpha value is -1.92. The standard InChI is InChI=1S/C15H15N3OS2/c1-3-16-15-18(17-9-14-11(2)6-8-20-14)12(10-21-15)13-5-4-7-19-13/h4-10H,3H2,1-2H3. The second-order valence-corrected chi connectivity index (χ2v) is 6.16. The smallest absolute Gasteiger partial charge is 0.206 e. The van der Waals surface area contributed by atoms with Crippen LogP contribution in [-0.2, 0) is 0 Å². The summed E-state index contributed by atoms with van der Waals surface area (Å²) >= 11 is 3.25. The largest absolute Gasteiger partial charge is 0.463 e. The highest BCUT2D eigenvalue weighted by molar-refractivity contribution is 7.11. The predicted octanol–water partition coefficient (Wildman–Crippen LogP) is 3.98. The van der Waals surface area contributed by atoms with Gasteiger partial charge in [0.05, 0.1) is 17.4 Å². The Balaban J connectivity index is 2.07. The minimum atomic E-state index is 0.728. The van der Waals surface area contributed by atoms with Crippen molar-refractivity contribution in [1.29, 1.82) is 0 Å². The molecule has 0 amide bonds. The average molecular weight is 317 g/mol. The molecule has 3 heterocycles. The molecule has 0 saturated heterocycles. The molecule has 0 aliphatic rings. The summed E-state index contributed by atoms with van der Waals surface area (Å²) in [6.07, 6.45) is 3.55. The van der Waals surface area contributed by atoms with Crippen LogP contribution < -0.4 is 4.80 Å². The molecular weight excluding hydrogens is 302 g/mol. The maximum Gasteiger partial charge on any atom is 0.206 e. The Morgan fingerprint density at radius 1 is 1.33 bits per heavy atom. The number of rotatable bonds is 4. The van der Waals surface area contributed by atoms with Gasteiger partial charge in [0.1, 0.15) is 5.69 Å². The van der Waals surface area contributed by atoms with Crippen LogP contribution in [0.3, 0.4) is 0 Å². The van der Waals surface area contributed by atoms with E-state index >= 15 is 0 Å². The van der Waals surface area contributed by atoms with E-state index < -0.39 is 0 Å². The van der Waals surface area contributed by atoms with Crippen LogP contribution in [0.4, 0.5) is 0 Å². The van der Waals surface area contributed by atoms with Crippen molar-refractivity contribution in [1.82, 2.24) is 4.68 Å². The van der Waals surface area contributed by atoms with Gasteiger partial charge in [-0.15, -0.1) is 22.7 Å². The van der Waals surface area contributed by atoms with Crippen molar-refractivity contribution in [2.45, 2.75) is 13.8 Å². The molecule has 0 radical (unpaired) electrons. The maximum absolute atomic E-state index is 5.49. The van der Waals surface area contributed by atoms with Crippen molar-refractivity contribution in [2.75, 3.05) is 6.54 Å². The predicted molar refractivity (Wildman–Crippen MR) is 88.2 cm³/mol. The molecule has 0 atom stereocenters. The van der Waals surface area contributed by atoms with Gasteiger partial charge in [0.2, 0.25) is 4.80 Å². The molecule has 0 bridgehead atoms. The lowest BCUT2D eigenvalue weighted by atomic mass is 10.3. The van der Waals surface area contributed by atoms with E-state index in [9.17, 15) is 0 Å². The van der Waals surface area contributed by atoms with Gasteiger partial charge in [-0.3, -0.25) is 4.99 Å². The fourth-order valence-corrected chi connectivity index (χ4v) is 3.54. The zero-order valence-electron chi connectivity index (χ0n) is 11.8. The summed E-state index contributed by atoms with van der Waals surface area (Å²) in [5, 5.41) is 8.69. The van der Waals surface area contributed by atoms with E-state index in [1.54, 1.807) is 28.9 Å². The molecule has 108 valence electrons. The van der Waals surface area contributed by atoms with Crippen LogP contribution in [0, 0.1) is 6.92 Å². The van der Waals surface area contributed by atoms with Crippen LogP contribution in [0.1, 0.15) is 17.4 Å². The Morgan fingerprint density at radius 3 is 2.90 bits per heavy atom. The normalized spacial score (nSPS) is 12.6. The van der Waals surface area contributed by atoms with Gasteiger partial charge in [-0.05, 0) is 43.0 Å². The molecule has 0 aliphatic heterocycles. The fraction of sp³-hybridized carbons (Fsp3) is 0.200. The molecule has 0 spiro atoms. The SMILES string of the molecule is CCN=c1scc(-c2ccco2)n1N=Cc1sccc1C. The van der Waals surface area contributed by atoms with E-state index in [1.807, 2.05) is 35.3 Å². The second-order valence-electron chi connectivity index (χ2n) is 4.38. The summed E-state index contributed by atoms with van der Waals surface area (Å²) in [4.78, 5) is 6.51. The third-order valence-corrected chi connectivity index (χ3v) is 4.75. The van der Waals surface area contributed by atoms with Crippen molar-refractivity contribution in [2.24, 2.45) is 10.1 Å². The summed E-state index contributed by atoms with van der Waals surface area (Å²) in [5.41, 5.74) is 2.15. The summed E-state index contributed by atoms with van der Waals surface area (Å²) < 4.78 is 7.32. The van der Waals surface area contributed by atoms with E-state index in [0.29, 0.717) is 0 Å². The van der Waals surface area contributed by atoms with Gasteiger partial charge in [-0.2, -0.15) is 5.10 Å². The van der Waals surface area contributed by atoms with E-state index in [1.165, 1.54) is 5.56 Å². The first-order chi connectivity index (χ1) is 10.3. The zero-order chi connectivity index (χ0) is 14.7. The molecule has 3 aromatic heterocycles. The number of thiophene rings is 1. The number of nitrogens with zero attached hydrogens (tertiary/aromatic N) is 3. The molecule has 0 fully saturated rings. The summed E-state index contributed by atoms with van der Waals surface area (Å²) in [5.74, 6) is 0.795. The van der Waals surface area contributed by atoms with Crippen LogP contribution >= 0.6 is 22.7 Å². The van der Waals surface area contributed by atoms with Crippen LogP contribution in [0.2, 0.25) is 0 Å². The van der Waals surface area contributed by atoms with Crippen molar-refractivity contribution >= 4 is 28.9 Å². The number of furan rings is 1. The number of aromatic nitrogens is 1. The number of aryl methyl sites for hydroxylation is 1. The average Bonchev–Trinajstić information content (AvgIpc) is 3.18. The highest BCUT2D eigenvalue weighted by atomic mass is 32.1. The minimum Gasteiger partial charge on any atom is -0.463 e. The van der Waals surface area contributed by atoms with E-state index in [-0.39, 0.29) is 0 Å². The summed E-state index contributed by atoms with van der Waals surface area (Å²) in [6, 6.07) is 5.90. The topological polar surface area (TPSA) is 42.8 Å². The Morgan fingerprint density at radius 2 is 2.24 bits per heavy atom. The van der Waals surface area contributed by atoms with Crippen molar-refractivity contribution in [3.63, 3.8) is 0 Å². The molecule has 0 saturated carbocycles. The van der Waals surface area contributed by atoms with E-state index in [4.69, 9.17) is 4.42 Å². The van der Waals surface area contributed by atoms with Gasteiger partial charge in [-0.25, -0.2) is 4.68 Å². The lowest BCUT2D eigenvalue weighted by Crippen LogP contribution is -2.12. The van der Waals surface area contributed by atoms with Gasteiger partial charge in [-0.1, -0.05) is 0 Å². The highest BCUT2D eigenvalue weighted by Crippen LogP contribution is 2.20.